The van der Waals surface area contributed by atoms with Crippen molar-refractivity contribution in [2.45, 2.75) is 12.8 Å². The Morgan fingerprint density at radius 1 is 1.31 bits per heavy atom. The van der Waals surface area contributed by atoms with Gasteiger partial charge in [0.05, 0.1) is 5.52 Å². The number of alkyl halides is 1. The zero-order chi connectivity index (χ0) is 9.26. The maximum absolute atomic E-state index is 5.75. The molecule has 0 unspecified atom stereocenters. The van der Waals surface area contributed by atoms with Crippen molar-refractivity contribution in [3.05, 3.63) is 41.6 Å². The largest absolute Gasteiger partial charge is 0.256 e. The fourth-order valence-corrected chi connectivity index (χ4v) is 1.54. The van der Waals surface area contributed by atoms with Gasteiger partial charge in [0.25, 0.3) is 0 Å². The van der Waals surface area contributed by atoms with Crippen LogP contribution in [0.25, 0.3) is 10.9 Å². The Bertz CT molecular complexity index is 437. The van der Waals surface area contributed by atoms with Crippen LogP contribution in [-0.2, 0) is 5.88 Å². The van der Waals surface area contributed by atoms with Crippen LogP contribution in [0.15, 0.2) is 30.5 Å². The summed E-state index contributed by atoms with van der Waals surface area (Å²) in [5.41, 5.74) is 3.35. The van der Waals surface area contributed by atoms with Crippen molar-refractivity contribution in [2.75, 3.05) is 0 Å². The Kier molecular flexibility index (Phi) is 2.19. The molecule has 0 N–H and O–H groups in total. The third kappa shape index (κ3) is 1.65. The quantitative estimate of drug-likeness (QED) is 0.631. The first kappa shape index (κ1) is 8.52. The highest BCUT2D eigenvalue weighted by molar-refractivity contribution is 6.17. The third-order valence-electron chi connectivity index (χ3n) is 2.04. The number of benzene rings is 1. The van der Waals surface area contributed by atoms with Gasteiger partial charge in [-0.25, -0.2) is 0 Å². The molecule has 0 spiro atoms. The van der Waals surface area contributed by atoms with Gasteiger partial charge in [-0.15, -0.1) is 11.6 Å². The minimum absolute atomic E-state index is 0.559. The van der Waals surface area contributed by atoms with E-state index in [2.05, 4.69) is 17.1 Å². The molecule has 0 aliphatic carbocycles. The SMILES string of the molecule is Cc1cnc2ccc(CCl)cc2c1. The normalized spacial score (nSPS) is 10.6. The second kappa shape index (κ2) is 3.35. The molecule has 2 heteroatoms. The Morgan fingerprint density at radius 2 is 2.15 bits per heavy atom. The average Bonchev–Trinajstić information content (AvgIpc) is 2.16. The number of fused-ring (bicyclic) bond motifs is 1. The van der Waals surface area contributed by atoms with Gasteiger partial charge in [-0.05, 0) is 36.2 Å². The predicted molar refractivity (Wildman–Crippen MR) is 56.0 cm³/mol. The lowest BCUT2D eigenvalue weighted by Gasteiger charge is -2.00. The molecule has 2 aromatic rings. The number of nitrogens with zero attached hydrogens (tertiary/aromatic N) is 1. The highest BCUT2D eigenvalue weighted by Gasteiger charge is 1.96. The van der Waals surface area contributed by atoms with E-state index in [-0.39, 0.29) is 0 Å². The van der Waals surface area contributed by atoms with Gasteiger partial charge in [-0.3, -0.25) is 4.98 Å². The Morgan fingerprint density at radius 3 is 2.92 bits per heavy atom. The van der Waals surface area contributed by atoms with Gasteiger partial charge in [0.15, 0.2) is 0 Å². The van der Waals surface area contributed by atoms with Crippen molar-refractivity contribution in [2.24, 2.45) is 0 Å². The van der Waals surface area contributed by atoms with Gasteiger partial charge in [-0.1, -0.05) is 6.07 Å². The maximum Gasteiger partial charge on any atom is 0.0702 e. The molecule has 13 heavy (non-hydrogen) atoms. The molecule has 0 bridgehead atoms. The van der Waals surface area contributed by atoms with E-state index in [4.69, 9.17) is 11.6 Å². The van der Waals surface area contributed by atoms with Crippen LogP contribution in [0.4, 0.5) is 0 Å². The fourth-order valence-electron chi connectivity index (χ4n) is 1.37. The molecule has 1 heterocycles. The van der Waals surface area contributed by atoms with E-state index >= 15 is 0 Å². The average molecular weight is 192 g/mol. The molecule has 0 radical (unpaired) electrons. The molecule has 0 aliphatic rings. The molecule has 1 aromatic heterocycles. The van der Waals surface area contributed by atoms with Crippen molar-refractivity contribution >= 4 is 22.5 Å². The van der Waals surface area contributed by atoms with E-state index in [1.165, 1.54) is 5.56 Å². The first-order chi connectivity index (χ1) is 6.29. The molecule has 0 saturated heterocycles. The van der Waals surface area contributed by atoms with Crippen LogP contribution in [0.2, 0.25) is 0 Å². The number of halogens is 1. The van der Waals surface area contributed by atoms with Gasteiger partial charge in [-0.2, -0.15) is 0 Å². The number of aryl methyl sites for hydroxylation is 1. The minimum atomic E-state index is 0.559. The summed E-state index contributed by atoms with van der Waals surface area (Å²) >= 11 is 5.75. The van der Waals surface area contributed by atoms with Gasteiger partial charge in [0, 0.05) is 17.5 Å². The minimum Gasteiger partial charge on any atom is -0.256 e. The predicted octanol–water partition coefficient (Wildman–Crippen LogP) is 3.28. The summed E-state index contributed by atoms with van der Waals surface area (Å²) in [6.07, 6.45) is 1.88. The van der Waals surface area contributed by atoms with E-state index in [1.54, 1.807) is 0 Å². The number of rotatable bonds is 1. The van der Waals surface area contributed by atoms with Crippen LogP contribution in [0.3, 0.4) is 0 Å². The van der Waals surface area contributed by atoms with Crippen LogP contribution in [0, 0.1) is 6.92 Å². The first-order valence-corrected chi connectivity index (χ1v) is 4.74. The number of hydrogen-bond donors (Lipinski definition) is 0. The van der Waals surface area contributed by atoms with E-state index in [0.29, 0.717) is 5.88 Å². The molecule has 1 aromatic carbocycles. The molecule has 0 saturated carbocycles. The summed E-state index contributed by atoms with van der Waals surface area (Å²) < 4.78 is 0. The lowest BCUT2D eigenvalue weighted by atomic mass is 10.1. The summed E-state index contributed by atoms with van der Waals surface area (Å²) in [5.74, 6) is 0.559. The van der Waals surface area contributed by atoms with Gasteiger partial charge in [0.2, 0.25) is 0 Å². The number of aromatic nitrogens is 1. The second-order valence-corrected chi connectivity index (χ2v) is 3.44. The molecule has 0 aliphatic heterocycles. The summed E-state index contributed by atoms with van der Waals surface area (Å²) in [4.78, 5) is 4.31. The summed E-state index contributed by atoms with van der Waals surface area (Å²) in [5, 5.41) is 1.16. The molecule has 0 atom stereocenters. The number of hydrogen-bond acceptors (Lipinski definition) is 1. The van der Waals surface area contributed by atoms with Gasteiger partial charge in [0.1, 0.15) is 0 Å². The zero-order valence-electron chi connectivity index (χ0n) is 7.42. The highest BCUT2D eigenvalue weighted by Crippen LogP contribution is 2.16. The van der Waals surface area contributed by atoms with Crippen LogP contribution >= 0.6 is 11.6 Å². The molecule has 0 amide bonds. The lowest BCUT2D eigenvalue weighted by Crippen LogP contribution is -1.83. The first-order valence-electron chi connectivity index (χ1n) is 4.21. The zero-order valence-corrected chi connectivity index (χ0v) is 8.17. The van der Waals surface area contributed by atoms with Crippen molar-refractivity contribution in [1.82, 2.24) is 4.98 Å². The molecule has 66 valence electrons. The lowest BCUT2D eigenvalue weighted by molar-refractivity contribution is 1.32. The molecule has 0 fully saturated rings. The summed E-state index contributed by atoms with van der Waals surface area (Å²) in [6.45, 7) is 2.04. The molecular formula is C11H10ClN. The van der Waals surface area contributed by atoms with Crippen LogP contribution in [-0.4, -0.2) is 4.98 Å². The Hall–Kier alpha value is -1.08. The summed E-state index contributed by atoms with van der Waals surface area (Å²) in [6, 6.07) is 8.23. The monoisotopic (exact) mass is 191 g/mol. The van der Waals surface area contributed by atoms with E-state index in [1.807, 2.05) is 25.3 Å². The number of pyridine rings is 1. The van der Waals surface area contributed by atoms with E-state index < -0.39 is 0 Å². The van der Waals surface area contributed by atoms with E-state index in [0.717, 1.165) is 16.5 Å². The fraction of sp³-hybridized carbons (Fsp3) is 0.182. The third-order valence-corrected chi connectivity index (χ3v) is 2.35. The topological polar surface area (TPSA) is 12.9 Å². The van der Waals surface area contributed by atoms with Crippen LogP contribution in [0.5, 0.6) is 0 Å². The van der Waals surface area contributed by atoms with Crippen molar-refractivity contribution in [1.29, 1.82) is 0 Å². The van der Waals surface area contributed by atoms with Crippen molar-refractivity contribution < 1.29 is 0 Å². The van der Waals surface area contributed by atoms with Crippen molar-refractivity contribution in [3.8, 4) is 0 Å². The highest BCUT2D eigenvalue weighted by atomic mass is 35.5. The second-order valence-electron chi connectivity index (χ2n) is 3.17. The van der Waals surface area contributed by atoms with E-state index in [9.17, 15) is 0 Å². The van der Waals surface area contributed by atoms with Crippen LogP contribution < -0.4 is 0 Å². The van der Waals surface area contributed by atoms with Crippen molar-refractivity contribution in [3.63, 3.8) is 0 Å². The molecule has 2 rings (SSSR count). The smallest absolute Gasteiger partial charge is 0.0702 e. The summed E-state index contributed by atoms with van der Waals surface area (Å²) in [7, 11) is 0. The molecule has 1 nitrogen and oxygen atoms in total. The Balaban J connectivity index is 2.68. The molecular weight excluding hydrogens is 182 g/mol. The standard InChI is InChI=1S/C11H10ClN/c1-8-4-10-5-9(6-12)2-3-11(10)13-7-8/h2-5,7H,6H2,1H3. The Labute approximate surface area is 82.4 Å². The van der Waals surface area contributed by atoms with Gasteiger partial charge >= 0.3 is 0 Å². The maximum atomic E-state index is 5.75. The van der Waals surface area contributed by atoms with Gasteiger partial charge < -0.3 is 0 Å². The van der Waals surface area contributed by atoms with Crippen LogP contribution in [0.1, 0.15) is 11.1 Å².